The van der Waals surface area contributed by atoms with Gasteiger partial charge in [-0.05, 0) is 31.5 Å². The Labute approximate surface area is 96.4 Å². The second kappa shape index (κ2) is 5.48. The second-order valence-corrected chi connectivity index (χ2v) is 4.31. The molecule has 1 aromatic rings. The van der Waals surface area contributed by atoms with Crippen LogP contribution >= 0.6 is 0 Å². The zero-order chi connectivity index (χ0) is 11.4. The number of piperidine rings is 1. The molecule has 0 spiro atoms. The average molecular weight is 224 g/mol. The lowest BCUT2D eigenvalue weighted by Gasteiger charge is -2.31. The molecular formula is C12H20N2O2. The van der Waals surface area contributed by atoms with Crippen LogP contribution in [0.1, 0.15) is 24.4 Å². The van der Waals surface area contributed by atoms with Crippen molar-refractivity contribution in [2.24, 2.45) is 5.73 Å². The van der Waals surface area contributed by atoms with Crippen molar-refractivity contribution in [2.45, 2.75) is 32.0 Å². The summed E-state index contributed by atoms with van der Waals surface area (Å²) in [5.74, 6) is 1.85. The minimum absolute atomic E-state index is 0.373. The molecule has 1 unspecified atom stereocenters. The molecule has 1 fully saturated rings. The minimum atomic E-state index is 0.373. The van der Waals surface area contributed by atoms with Gasteiger partial charge < -0.3 is 14.9 Å². The van der Waals surface area contributed by atoms with Crippen molar-refractivity contribution in [1.29, 1.82) is 0 Å². The van der Waals surface area contributed by atoms with Crippen LogP contribution in [0.15, 0.2) is 16.5 Å². The summed E-state index contributed by atoms with van der Waals surface area (Å²) in [5.41, 5.74) is 5.51. The lowest BCUT2D eigenvalue weighted by molar-refractivity contribution is 0.0262. The van der Waals surface area contributed by atoms with Crippen LogP contribution in [0.3, 0.4) is 0 Å². The fraction of sp³-hybridized carbons (Fsp3) is 0.667. The van der Waals surface area contributed by atoms with E-state index < -0.39 is 0 Å². The summed E-state index contributed by atoms with van der Waals surface area (Å²) in [7, 11) is 1.79. The Morgan fingerprint density at radius 1 is 1.50 bits per heavy atom. The highest BCUT2D eigenvalue weighted by Gasteiger charge is 2.20. The SMILES string of the molecule is COC1CCCN(Cc2ccc(CN)o2)C1. The Hall–Kier alpha value is -0.840. The molecule has 2 N–H and O–H groups in total. The number of hydrogen-bond donors (Lipinski definition) is 1. The summed E-state index contributed by atoms with van der Waals surface area (Å²) in [6.07, 6.45) is 2.74. The van der Waals surface area contributed by atoms with Gasteiger partial charge in [-0.25, -0.2) is 0 Å². The fourth-order valence-electron chi connectivity index (χ4n) is 2.19. The van der Waals surface area contributed by atoms with E-state index in [0.717, 1.165) is 31.2 Å². The summed E-state index contributed by atoms with van der Waals surface area (Å²) in [4.78, 5) is 2.37. The lowest BCUT2D eigenvalue weighted by Crippen LogP contribution is -2.38. The predicted molar refractivity (Wildman–Crippen MR) is 61.9 cm³/mol. The van der Waals surface area contributed by atoms with E-state index in [-0.39, 0.29) is 0 Å². The highest BCUT2D eigenvalue weighted by Crippen LogP contribution is 2.16. The molecule has 1 saturated heterocycles. The monoisotopic (exact) mass is 224 g/mol. The predicted octanol–water partition coefficient (Wildman–Crippen LogP) is 1.35. The van der Waals surface area contributed by atoms with Crippen LogP contribution in [-0.2, 0) is 17.8 Å². The Morgan fingerprint density at radius 2 is 2.31 bits per heavy atom. The van der Waals surface area contributed by atoms with E-state index >= 15 is 0 Å². The van der Waals surface area contributed by atoms with Crippen LogP contribution in [-0.4, -0.2) is 31.2 Å². The molecule has 1 aliphatic heterocycles. The molecule has 0 amide bonds. The van der Waals surface area contributed by atoms with Crippen LogP contribution in [0.4, 0.5) is 0 Å². The normalized spacial score (nSPS) is 22.5. The molecule has 0 aliphatic carbocycles. The van der Waals surface area contributed by atoms with Crippen molar-refractivity contribution in [3.63, 3.8) is 0 Å². The summed E-state index contributed by atoms with van der Waals surface area (Å²) in [5, 5.41) is 0. The standard InChI is InChI=1S/C12H20N2O2/c1-15-11-3-2-6-14(8-11)9-12-5-4-10(7-13)16-12/h4-5,11H,2-3,6-9,13H2,1H3. The largest absolute Gasteiger partial charge is 0.463 e. The first-order chi connectivity index (χ1) is 7.81. The molecule has 4 heteroatoms. The third-order valence-corrected chi connectivity index (χ3v) is 3.09. The molecule has 1 aliphatic rings. The number of hydrogen-bond acceptors (Lipinski definition) is 4. The molecule has 90 valence electrons. The zero-order valence-corrected chi connectivity index (χ0v) is 9.82. The third-order valence-electron chi connectivity index (χ3n) is 3.09. The molecule has 0 radical (unpaired) electrons. The van der Waals surface area contributed by atoms with E-state index in [0.29, 0.717) is 12.6 Å². The van der Waals surface area contributed by atoms with Gasteiger partial charge >= 0.3 is 0 Å². The van der Waals surface area contributed by atoms with Gasteiger partial charge in [0.05, 0.1) is 19.2 Å². The van der Waals surface area contributed by atoms with Gasteiger partial charge in [-0.15, -0.1) is 0 Å². The fourth-order valence-corrected chi connectivity index (χ4v) is 2.19. The minimum Gasteiger partial charge on any atom is -0.463 e. The number of furan rings is 1. The van der Waals surface area contributed by atoms with Gasteiger partial charge in [0, 0.05) is 13.7 Å². The molecule has 1 aromatic heterocycles. The van der Waals surface area contributed by atoms with Crippen molar-refractivity contribution in [3.8, 4) is 0 Å². The quantitative estimate of drug-likeness (QED) is 0.838. The number of ether oxygens (including phenoxy) is 1. The van der Waals surface area contributed by atoms with Crippen molar-refractivity contribution in [2.75, 3.05) is 20.2 Å². The second-order valence-electron chi connectivity index (χ2n) is 4.31. The molecule has 0 saturated carbocycles. The maximum Gasteiger partial charge on any atom is 0.118 e. The van der Waals surface area contributed by atoms with Gasteiger partial charge in [-0.1, -0.05) is 0 Å². The van der Waals surface area contributed by atoms with Crippen molar-refractivity contribution >= 4 is 0 Å². The maximum atomic E-state index is 5.60. The molecule has 0 aromatic carbocycles. The highest BCUT2D eigenvalue weighted by atomic mass is 16.5. The van der Waals surface area contributed by atoms with Gasteiger partial charge in [0.1, 0.15) is 11.5 Å². The molecule has 4 nitrogen and oxygen atoms in total. The van der Waals surface area contributed by atoms with Gasteiger partial charge in [-0.3, -0.25) is 4.90 Å². The Kier molecular flexibility index (Phi) is 3.98. The Morgan fingerprint density at radius 3 is 3.00 bits per heavy atom. The lowest BCUT2D eigenvalue weighted by atomic mass is 10.1. The Balaban J connectivity index is 1.88. The van der Waals surface area contributed by atoms with Gasteiger partial charge in [0.2, 0.25) is 0 Å². The smallest absolute Gasteiger partial charge is 0.118 e. The van der Waals surface area contributed by atoms with Crippen molar-refractivity contribution in [3.05, 3.63) is 23.7 Å². The summed E-state index contributed by atoms with van der Waals surface area (Å²) in [6.45, 7) is 3.45. The summed E-state index contributed by atoms with van der Waals surface area (Å²) >= 11 is 0. The molecule has 1 atom stereocenters. The molecule has 16 heavy (non-hydrogen) atoms. The first-order valence-corrected chi connectivity index (χ1v) is 5.84. The summed E-state index contributed by atoms with van der Waals surface area (Å²) in [6, 6.07) is 3.96. The van der Waals surface area contributed by atoms with Crippen LogP contribution in [0.2, 0.25) is 0 Å². The van der Waals surface area contributed by atoms with Crippen molar-refractivity contribution in [1.82, 2.24) is 4.90 Å². The van der Waals surface area contributed by atoms with Crippen LogP contribution in [0.25, 0.3) is 0 Å². The van der Waals surface area contributed by atoms with Crippen LogP contribution in [0, 0.1) is 0 Å². The van der Waals surface area contributed by atoms with E-state index in [1.165, 1.54) is 12.8 Å². The van der Waals surface area contributed by atoms with Crippen molar-refractivity contribution < 1.29 is 9.15 Å². The maximum absolute atomic E-state index is 5.60. The van der Waals surface area contributed by atoms with E-state index in [1.54, 1.807) is 7.11 Å². The van der Waals surface area contributed by atoms with E-state index in [4.69, 9.17) is 14.9 Å². The van der Waals surface area contributed by atoms with Gasteiger partial charge in [0.15, 0.2) is 0 Å². The number of nitrogens with zero attached hydrogens (tertiary/aromatic N) is 1. The van der Waals surface area contributed by atoms with E-state index in [2.05, 4.69) is 4.90 Å². The van der Waals surface area contributed by atoms with E-state index in [1.807, 2.05) is 12.1 Å². The molecular weight excluding hydrogens is 204 g/mol. The average Bonchev–Trinajstić information content (AvgIpc) is 2.77. The zero-order valence-electron chi connectivity index (χ0n) is 9.82. The van der Waals surface area contributed by atoms with Crippen LogP contribution < -0.4 is 5.73 Å². The van der Waals surface area contributed by atoms with Gasteiger partial charge in [-0.2, -0.15) is 0 Å². The summed E-state index contributed by atoms with van der Waals surface area (Å²) < 4.78 is 11.0. The van der Waals surface area contributed by atoms with Gasteiger partial charge in [0.25, 0.3) is 0 Å². The first-order valence-electron chi connectivity index (χ1n) is 5.84. The number of likely N-dealkylation sites (tertiary alicyclic amines) is 1. The number of rotatable bonds is 4. The highest BCUT2D eigenvalue weighted by molar-refractivity contribution is 5.06. The van der Waals surface area contributed by atoms with E-state index in [9.17, 15) is 0 Å². The molecule has 0 bridgehead atoms. The molecule has 2 rings (SSSR count). The third kappa shape index (κ3) is 2.84. The molecule has 2 heterocycles. The number of nitrogens with two attached hydrogens (primary N) is 1. The van der Waals surface area contributed by atoms with Crippen LogP contribution in [0.5, 0.6) is 0 Å². The number of methoxy groups -OCH3 is 1. The Bertz CT molecular complexity index is 325. The first kappa shape index (κ1) is 11.6. The topological polar surface area (TPSA) is 51.6 Å².